The fraction of sp³-hybridized carbons (Fsp3) is 0.357. The number of ether oxygens (including phenoxy) is 1. The van der Waals surface area contributed by atoms with Crippen molar-refractivity contribution in [2.45, 2.75) is 48.6 Å². The van der Waals surface area contributed by atoms with Gasteiger partial charge in [-0.2, -0.15) is 0 Å². The predicted molar refractivity (Wildman–Crippen MR) is 167 cm³/mol. The molecule has 3 heterocycles. The summed E-state index contributed by atoms with van der Waals surface area (Å²) < 4.78 is 33.2. The number of hydrogen-bond acceptors (Lipinski definition) is 8. The molecule has 10 nitrogen and oxygen atoms in total. The number of nitrogens with zero attached hydrogens (tertiary/aromatic N) is 2. The van der Waals surface area contributed by atoms with Gasteiger partial charge in [-0.15, -0.1) is 43.8 Å². The average Bonchev–Trinajstić information content (AvgIpc) is 3.86. The fourth-order valence-corrected chi connectivity index (χ4v) is 6.46. The summed E-state index contributed by atoms with van der Waals surface area (Å²) in [4.78, 5) is 35.0. The molecule has 2 aromatic heterocycles. The van der Waals surface area contributed by atoms with Gasteiger partial charge in [-0.1, -0.05) is 24.3 Å². The van der Waals surface area contributed by atoms with Crippen molar-refractivity contribution in [3.8, 4) is 17.1 Å². The van der Waals surface area contributed by atoms with Crippen LogP contribution in [0.4, 0.5) is 0 Å². The van der Waals surface area contributed by atoms with Crippen molar-refractivity contribution in [3.63, 3.8) is 0 Å². The van der Waals surface area contributed by atoms with Gasteiger partial charge >= 0.3 is 0 Å². The van der Waals surface area contributed by atoms with Crippen LogP contribution in [0, 0.1) is 5.92 Å². The Kier molecular flexibility index (Phi) is 10.5. The van der Waals surface area contributed by atoms with Crippen molar-refractivity contribution in [1.29, 1.82) is 0 Å². The molecule has 3 aliphatic rings. The van der Waals surface area contributed by atoms with Crippen LogP contribution in [0.15, 0.2) is 67.5 Å². The number of sulfonamides is 1. The largest absolute Gasteiger partial charge is 0.472 e. The Morgan fingerprint density at radius 3 is 2.48 bits per heavy atom. The molecule has 0 unspecified atom stereocenters. The molecular weight excluding hydrogens is 625 g/mol. The Morgan fingerprint density at radius 2 is 1.81 bits per heavy atom. The SMILES string of the molecule is C=C[C@@H]1C[C@]1(NC(=O)[C@@H]1C[C@@H](Oc2nc(-c3ccncc3)cc3ccccc23)CN1)C(=O)NS(=O)(=O)C1CC1.Cl.Cl.Cl. The van der Waals surface area contributed by atoms with E-state index in [9.17, 15) is 18.0 Å². The van der Waals surface area contributed by atoms with Crippen LogP contribution < -0.4 is 20.1 Å². The van der Waals surface area contributed by atoms with Crippen LogP contribution in [0.3, 0.4) is 0 Å². The normalized spacial score (nSPS) is 24.2. The molecular formula is C28H32Cl3N5O5S. The topological polar surface area (TPSA) is 139 Å². The molecule has 1 aromatic carbocycles. The van der Waals surface area contributed by atoms with Gasteiger partial charge in [-0.3, -0.25) is 19.3 Å². The van der Waals surface area contributed by atoms with Crippen molar-refractivity contribution in [2.24, 2.45) is 5.92 Å². The molecule has 4 atom stereocenters. The van der Waals surface area contributed by atoms with Gasteiger partial charge in [0.25, 0.3) is 5.91 Å². The van der Waals surface area contributed by atoms with E-state index in [2.05, 4.69) is 26.9 Å². The Hall–Kier alpha value is -2.96. The van der Waals surface area contributed by atoms with E-state index in [0.717, 1.165) is 22.0 Å². The van der Waals surface area contributed by atoms with Crippen LogP contribution in [-0.2, 0) is 19.6 Å². The van der Waals surface area contributed by atoms with Crippen molar-refractivity contribution in [2.75, 3.05) is 6.54 Å². The van der Waals surface area contributed by atoms with Gasteiger partial charge in [0.2, 0.25) is 21.8 Å². The Labute approximate surface area is 262 Å². The minimum atomic E-state index is -3.73. The molecule has 0 radical (unpaired) electrons. The fourth-order valence-electron chi connectivity index (χ4n) is 5.10. The van der Waals surface area contributed by atoms with Gasteiger partial charge < -0.3 is 15.4 Å². The zero-order valence-electron chi connectivity index (χ0n) is 22.4. The maximum Gasteiger partial charge on any atom is 0.259 e. The molecule has 3 N–H and O–H groups in total. The number of nitrogens with one attached hydrogen (secondary N) is 3. The van der Waals surface area contributed by atoms with E-state index in [1.54, 1.807) is 18.5 Å². The third-order valence-electron chi connectivity index (χ3n) is 7.62. The van der Waals surface area contributed by atoms with Gasteiger partial charge in [0, 0.05) is 42.2 Å². The van der Waals surface area contributed by atoms with Crippen molar-refractivity contribution in [1.82, 2.24) is 25.3 Å². The lowest BCUT2D eigenvalue weighted by Gasteiger charge is -2.21. The summed E-state index contributed by atoms with van der Waals surface area (Å²) in [7, 11) is -3.73. The van der Waals surface area contributed by atoms with Crippen LogP contribution in [0.1, 0.15) is 25.7 Å². The number of carbonyl (C=O) groups is 2. The number of carbonyl (C=O) groups excluding carboxylic acids is 2. The highest BCUT2D eigenvalue weighted by molar-refractivity contribution is 7.91. The number of amides is 2. The number of hydrogen-bond donors (Lipinski definition) is 3. The average molecular weight is 657 g/mol. The van der Waals surface area contributed by atoms with Gasteiger partial charge in [0.05, 0.1) is 17.0 Å². The minimum absolute atomic E-state index is 0. The number of halogens is 3. The summed E-state index contributed by atoms with van der Waals surface area (Å²) >= 11 is 0. The van der Waals surface area contributed by atoms with Crippen molar-refractivity contribution >= 4 is 69.8 Å². The molecule has 226 valence electrons. The molecule has 2 saturated carbocycles. The summed E-state index contributed by atoms with van der Waals surface area (Å²) in [6.07, 6.45) is 6.40. The first-order valence-electron chi connectivity index (χ1n) is 13.0. The molecule has 6 rings (SSSR count). The number of benzene rings is 1. The van der Waals surface area contributed by atoms with E-state index in [1.165, 1.54) is 0 Å². The second kappa shape index (κ2) is 13.1. The van der Waals surface area contributed by atoms with E-state index < -0.39 is 32.8 Å². The summed E-state index contributed by atoms with van der Waals surface area (Å²) in [5.41, 5.74) is 0.360. The highest BCUT2D eigenvalue weighted by Crippen LogP contribution is 2.45. The van der Waals surface area contributed by atoms with E-state index in [-0.39, 0.29) is 55.2 Å². The molecule has 1 saturated heterocycles. The van der Waals surface area contributed by atoms with Crippen LogP contribution in [0.2, 0.25) is 0 Å². The molecule has 0 bridgehead atoms. The third-order valence-corrected chi connectivity index (χ3v) is 9.43. The quantitative estimate of drug-likeness (QED) is 0.298. The number of pyridine rings is 2. The Bertz CT molecular complexity index is 1570. The second-order valence-corrected chi connectivity index (χ2v) is 12.3. The summed E-state index contributed by atoms with van der Waals surface area (Å²) in [6.45, 7) is 4.15. The van der Waals surface area contributed by atoms with Crippen molar-refractivity contribution < 1.29 is 22.7 Å². The first kappa shape index (κ1) is 33.5. The predicted octanol–water partition coefficient (Wildman–Crippen LogP) is 3.34. The van der Waals surface area contributed by atoms with Crippen LogP contribution in [0.5, 0.6) is 5.88 Å². The van der Waals surface area contributed by atoms with E-state index in [1.807, 2.05) is 42.5 Å². The van der Waals surface area contributed by atoms with E-state index >= 15 is 0 Å². The summed E-state index contributed by atoms with van der Waals surface area (Å²) in [5, 5.41) is 7.29. The van der Waals surface area contributed by atoms with Crippen LogP contribution in [-0.4, -0.2) is 59.7 Å². The van der Waals surface area contributed by atoms with E-state index in [4.69, 9.17) is 9.72 Å². The van der Waals surface area contributed by atoms with Gasteiger partial charge in [-0.25, -0.2) is 13.4 Å². The smallest absolute Gasteiger partial charge is 0.259 e. The van der Waals surface area contributed by atoms with Gasteiger partial charge in [-0.05, 0) is 48.9 Å². The molecule has 14 heteroatoms. The second-order valence-electron chi connectivity index (χ2n) is 10.4. The van der Waals surface area contributed by atoms with E-state index in [0.29, 0.717) is 38.1 Å². The zero-order valence-corrected chi connectivity index (χ0v) is 25.7. The maximum atomic E-state index is 13.2. The highest BCUT2D eigenvalue weighted by atomic mass is 35.5. The maximum absolute atomic E-state index is 13.2. The lowest BCUT2D eigenvalue weighted by atomic mass is 10.1. The molecule has 42 heavy (non-hydrogen) atoms. The number of rotatable bonds is 9. The summed E-state index contributed by atoms with van der Waals surface area (Å²) in [6, 6.07) is 13.0. The first-order valence-corrected chi connectivity index (χ1v) is 14.5. The van der Waals surface area contributed by atoms with Crippen molar-refractivity contribution in [3.05, 3.63) is 67.5 Å². The standard InChI is InChI=1S/C28H29N5O5S.3ClH/c1-2-19-15-28(19,27(35)33-39(36,37)21-7-8-21)32-25(34)24-14-20(16-30-24)38-26-22-6-4-3-5-18(22)13-23(31-26)17-9-11-29-12-10-17;;;/h2-6,9-13,19-21,24,30H,1,7-8,14-16H2,(H,32,34)(H,33,35);3*1H/t19-,20-,24+,28-;;;/m1.../s1. The molecule has 1 aliphatic heterocycles. The molecule has 0 spiro atoms. The van der Waals surface area contributed by atoms with Crippen LogP contribution in [0.25, 0.3) is 22.0 Å². The van der Waals surface area contributed by atoms with Gasteiger partial charge in [0.15, 0.2) is 0 Å². The molecule has 2 amide bonds. The Balaban J connectivity index is 0.00000161. The van der Waals surface area contributed by atoms with Gasteiger partial charge in [0.1, 0.15) is 11.6 Å². The highest BCUT2D eigenvalue weighted by Gasteiger charge is 2.61. The zero-order chi connectivity index (χ0) is 27.2. The molecule has 3 fully saturated rings. The number of fused-ring (bicyclic) bond motifs is 1. The van der Waals surface area contributed by atoms with Crippen LogP contribution >= 0.6 is 37.2 Å². The first-order chi connectivity index (χ1) is 18.8. The Morgan fingerprint density at radius 1 is 1.10 bits per heavy atom. The lowest BCUT2D eigenvalue weighted by Crippen LogP contribution is -2.55. The monoisotopic (exact) mass is 655 g/mol. The number of aromatic nitrogens is 2. The molecule has 3 aromatic rings. The minimum Gasteiger partial charge on any atom is -0.472 e. The third kappa shape index (κ3) is 6.65. The molecule has 2 aliphatic carbocycles. The summed E-state index contributed by atoms with van der Waals surface area (Å²) in [5.74, 6) is -0.951. The lowest BCUT2D eigenvalue weighted by molar-refractivity contribution is -0.130.